The van der Waals surface area contributed by atoms with Crippen molar-refractivity contribution in [3.8, 4) is 17.4 Å². The van der Waals surface area contributed by atoms with Gasteiger partial charge in [-0.15, -0.1) is 0 Å². The average molecular weight is 608 g/mol. The third-order valence-corrected chi connectivity index (χ3v) is 7.53. The van der Waals surface area contributed by atoms with Gasteiger partial charge in [0.05, 0.1) is 24.1 Å². The molecule has 2 aromatic heterocycles. The van der Waals surface area contributed by atoms with E-state index in [9.17, 15) is 18.4 Å². The SMILES string of the molecule is O=C(Nc1ccc(F)c(F)c1)C1(C(=O)Nc2ccc(Oc3ccnc4cc(OCCN5CCOCC5)ncc34)c(F)c2)CC1. The zero-order valence-electron chi connectivity index (χ0n) is 23.4. The lowest BCUT2D eigenvalue weighted by atomic mass is 10.0. The van der Waals surface area contributed by atoms with E-state index in [1.807, 2.05) is 0 Å². The smallest absolute Gasteiger partial charge is 0.240 e. The van der Waals surface area contributed by atoms with Gasteiger partial charge in [0.15, 0.2) is 23.2 Å². The Morgan fingerprint density at radius 2 is 1.57 bits per heavy atom. The predicted molar refractivity (Wildman–Crippen MR) is 154 cm³/mol. The van der Waals surface area contributed by atoms with E-state index in [1.165, 1.54) is 24.4 Å². The van der Waals surface area contributed by atoms with Gasteiger partial charge in [0.1, 0.15) is 17.8 Å². The first-order valence-corrected chi connectivity index (χ1v) is 14.0. The molecule has 0 spiro atoms. The normalized spacial score (nSPS) is 15.9. The third-order valence-electron chi connectivity index (χ3n) is 7.53. The molecule has 228 valence electrons. The molecular formula is C31H28F3N5O5. The summed E-state index contributed by atoms with van der Waals surface area (Å²) in [5.41, 5.74) is -0.705. The molecule has 2 aliphatic rings. The van der Waals surface area contributed by atoms with E-state index in [4.69, 9.17) is 14.2 Å². The number of hydrogen-bond acceptors (Lipinski definition) is 8. The summed E-state index contributed by atoms with van der Waals surface area (Å²) in [4.78, 5) is 36.7. The van der Waals surface area contributed by atoms with Crippen LogP contribution in [-0.4, -0.2) is 66.1 Å². The minimum Gasteiger partial charge on any atom is -0.476 e. The van der Waals surface area contributed by atoms with Crippen LogP contribution < -0.4 is 20.1 Å². The van der Waals surface area contributed by atoms with E-state index in [0.717, 1.165) is 37.8 Å². The Labute approximate surface area is 250 Å². The van der Waals surface area contributed by atoms with E-state index in [-0.39, 0.29) is 30.0 Å². The van der Waals surface area contributed by atoms with Gasteiger partial charge in [-0.3, -0.25) is 19.5 Å². The number of nitrogens with zero attached hydrogens (tertiary/aromatic N) is 3. The summed E-state index contributed by atoms with van der Waals surface area (Å²) in [6.45, 7) is 4.36. The van der Waals surface area contributed by atoms with Crippen molar-refractivity contribution in [1.29, 1.82) is 0 Å². The molecule has 2 amide bonds. The third kappa shape index (κ3) is 6.43. The van der Waals surface area contributed by atoms with Crippen molar-refractivity contribution in [2.45, 2.75) is 12.8 Å². The second kappa shape index (κ2) is 12.5. The fourth-order valence-corrected chi connectivity index (χ4v) is 4.81. The molecule has 2 fully saturated rings. The Kier molecular flexibility index (Phi) is 8.31. The number of nitrogens with one attached hydrogen (secondary N) is 2. The van der Waals surface area contributed by atoms with Crippen molar-refractivity contribution in [1.82, 2.24) is 14.9 Å². The Balaban J connectivity index is 1.08. The summed E-state index contributed by atoms with van der Waals surface area (Å²) < 4.78 is 58.8. The summed E-state index contributed by atoms with van der Waals surface area (Å²) >= 11 is 0. The highest BCUT2D eigenvalue weighted by molar-refractivity contribution is 6.16. The van der Waals surface area contributed by atoms with Crippen LogP contribution in [0, 0.1) is 22.9 Å². The lowest BCUT2D eigenvalue weighted by Crippen LogP contribution is -2.38. The highest BCUT2D eigenvalue weighted by Crippen LogP contribution is 2.47. The van der Waals surface area contributed by atoms with Gasteiger partial charge < -0.3 is 24.8 Å². The fraction of sp³-hybridized carbons (Fsp3) is 0.290. The van der Waals surface area contributed by atoms with Crippen LogP contribution >= 0.6 is 0 Å². The van der Waals surface area contributed by atoms with Crippen LogP contribution in [-0.2, 0) is 14.3 Å². The molecule has 44 heavy (non-hydrogen) atoms. The number of amides is 2. The minimum atomic E-state index is -1.40. The second-order valence-corrected chi connectivity index (χ2v) is 10.5. The average Bonchev–Trinajstić information content (AvgIpc) is 3.84. The van der Waals surface area contributed by atoms with Gasteiger partial charge >= 0.3 is 0 Å². The first-order valence-electron chi connectivity index (χ1n) is 14.0. The van der Waals surface area contributed by atoms with E-state index < -0.39 is 34.7 Å². The van der Waals surface area contributed by atoms with Crippen LogP contribution in [0.25, 0.3) is 10.9 Å². The maximum Gasteiger partial charge on any atom is 0.240 e. The number of carbonyl (C=O) groups is 2. The van der Waals surface area contributed by atoms with Crippen LogP contribution in [0.5, 0.6) is 17.4 Å². The molecule has 0 unspecified atom stereocenters. The summed E-state index contributed by atoms with van der Waals surface area (Å²) in [5, 5.41) is 5.56. The largest absolute Gasteiger partial charge is 0.476 e. The van der Waals surface area contributed by atoms with Gasteiger partial charge in [-0.25, -0.2) is 18.2 Å². The summed E-state index contributed by atoms with van der Waals surface area (Å²) in [6, 6.07) is 10.1. The first kappa shape index (κ1) is 29.3. The van der Waals surface area contributed by atoms with Crippen LogP contribution in [0.15, 0.2) is 60.9 Å². The summed E-state index contributed by atoms with van der Waals surface area (Å²) in [7, 11) is 0. The molecule has 1 saturated heterocycles. The molecule has 4 aromatic rings. The van der Waals surface area contributed by atoms with E-state index in [0.29, 0.717) is 42.4 Å². The number of rotatable bonds is 10. The van der Waals surface area contributed by atoms with Gasteiger partial charge in [-0.1, -0.05) is 0 Å². The predicted octanol–water partition coefficient (Wildman–Crippen LogP) is 4.91. The van der Waals surface area contributed by atoms with Gasteiger partial charge in [0.2, 0.25) is 17.7 Å². The molecule has 10 nitrogen and oxygen atoms in total. The molecule has 2 aromatic carbocycles. The van der Waals surface area contributed by atoms with Gasteiger partial charge in [-0.2, -0.15) is 0 Å². The topological polar surface area (TPSA) is 115 Å². The monoisotopic (exact) mass is 607 g/mol. The summed E-state index contributed by atoms with van der Waals surface area (Å²) in [5.74, 6) is -3.60. The molecular weight excluding hydrogens is 579 g/mol. The quantitative estimate of drug-likeness (QED) is 0.245. The number of anilines is 2. The minimum absolute atomic E-state index is 0.0203. The molecule has 3 heterocycles. The number of benzene rings is 2. The van der Waals surface area contributed by atoms with E-state index in [1.54, 1.807) is 18.3 Å². The zero-order chi connectivity index (χ0) is 30.7. The van der Waals surface area contributed by atoms with E-state index in [2.05, 4.69) is 25.5 Å². The zero-order valence-corrected chi connectivity index (χ0v) is 23.4. The lowest BCUT2D eigenvalue weighted by Gasteiger charge is -2.26. The van der Waals surface area contributed by atoms with Crippen LogP contribution in [0.2, 0.25) is 0 Å². The Morgan fingerprint density at radius 3 is 2.25 bits per heavy atom. The molecule has 0 radical (unpaired) electrons. The van der Waals surface area contributed by atoms with Crippen LogP contribution in [0.1, 0.15) is 12.8 Å². The first-order chi connectivity index (χ1) is 21.3. The summed E-state index contributed by atoms with van der Waals surface area (Å²) in [6.07, 6.45) is 3.58. The van der Waals surface area contributed by atoms with Crippen molar-refractivity contribution in [2.24, 2.45) is 5.41 Å². The number of halogens is 3. The Morgan fingerprint density at radius 1 is 0.864 bits per heavy atom. The lowest BCUT2D eigenvalue weighted by molar-refractivity contribution is -0.131. The van der Waals surface area contributed by atoms with Gasteiger partial charge in [0, 0.05) is 61.6 Å². The standard InChI is InChI=1S/C31H28F3N5O5/c32-22-3-1-19(15-23(22)33)37-29(40)31(6-7-31)30(41)38-20-2-4-27(24(34)16-20)44-26-5-8-35-25-17-28(36-18-21(25)26)43-14-11-39-9-12-42-13-10-39/h1-5,8,15-18H,6-7,9-14H2,(H,37,40)(H,38,41). The van der Waals surface area contributed by atoms with Gasteiger partial charge in [-0.05, 0) is 43.2 Å². The number of carbonyl (C=O) groups excluding carboxylic acids is 2. The molecule has 1 aliphatic carbocycles. The number of hydrogen-bond donors (Lipinski definition) is 2. The van der Waals surface area contributed by atoms with Crippen molar-refractivity contribution in [3.05, 3.63) is 78.4 Å². The highest BCUT2D eigenvalue weighted by atomic mass is 19.2. The van der Waals surface area contributed by atoms with E-state index >= 15 is 4.39 Å². The number of pyridine rings is 2. The molecule has 0 atom stereocenters. The number of fused-ring (bicyclic) bond motifs is 1. The molecule has 2 N–H and O–H groups in total. The van der Waals surface area contributed by atoms with Crippen molar-refractivity contribution in [2.75, 3.05) is 50.1 Å². The fourth-order valence-electron chi connectivity index (χ4n) is 4.81. The van der Waals surface area contributed by atoms with Crippen LogP contribution in [0.4, 0.5) is 24.5 Å². The van der Waals surface area contributed by atoms with Crippen LogP contribution in [0.3, 0.4) is 0 Å². The Hall–Kier alpha value is -4.75. The number of morpholine rings is 1. The molecule has 0 bridgehead atoms. The highest BCUT2D eigenvalue weighted by Gasteiger charge is 2.56. The van der Waals surface area contributed by atoms with Crippen molar-refractivity contribution < 1.29 is 37.0 Å². The number of ether oxygens (including phenoxy) is 3. The maximum atomic E-state index is 15.1. The molecule has 1 aliphatic heterocycles. The molecule has 13 heteroatoms. The second-order valence-electron chi connectivity index (χ2n) is 10.5. The maximum absolute atomic E-state index is 15.1. The molecule has 1 saturated carbocycles. The van der Waals surface area contributed by atoms with Crippen molar-refractivity contribution >= 4 is 34.1 Å². The Bertz CT molecular complexity index is 1710. The van der Waals surface area contributed by atoms with Crippen molar-refractivity contribution in [3.63, 3.8) is 0 Å². The molecule has 6 rings (SSSR count). The number of aromatic nitrogens is 2. The van der Waals surface area contributed by atoms with Gasteiger partial charge in [0.25, 0.3) is 0 Å².